The maximum Gasteiger partial charge on any atom is 0.269 e. The molecule has 0 spiro atoms. The van der Waals surface area contributed by atoms with Crippen LogP contribution in [0.25, 0.3) is 0 Å². The number of hydrogen-bond acceptors (Lipinski definition) is 6. The summed E-state index contributed by atoms with van der Waals surface area (Å²) in [4.78, 5) is 3.48. The van der Waals surface area contributed by atoms with Gasteiger partial charge >= 0.3 is 0 Å². The van der Waals surface area contributed by atoms with Crippen molar-refractivity contribution in [3.8, 4) is 5.75 Å². The minimum absolute atomic E-state index is 0.00276. The molecule has 0 saturated carbocycles. The number of aromatic nitrogens is 1. The van der Waals surface area contributed by atoms with E-state index in [4.69, 9.17) is 16.3 Å². The van der Waals surface area contributed by atoms with E-state index in [0.717, 1.165) is 51.5 Å². The molecular formula is C26H23ClF3N3O3S2. The van der Waals surface area contributed by atoms with Crippen molar-refractivity contribution in [1.82, 2.24) is 4.98 Å². The van der Waals surface area contributed by atoms with E-state index in [9.17, 15) is 17.2 Å². The van der Waals surface area contributed by atoms with Gasteiger partial charge in [0.2, 0.25) is 0 Å². The minimum atomic E-state index is -4.46. The molecule has 1 atom stereocenters. The summed E-state index contributed by atoms with van der Waals surface area (Å²) in [7, 11) is -2.94. The zero-order valence-corrected chi connectivity index (χ0v) is 22.9. The number of aryl methyl sites for hydroxylation is 1. The van der Waals surface area contributed by atoms with Crippen LogP contribution < -0.4 is 14.4 Å². The number of rotatable bonds is 9. The lowest BCUT2D eigenvalue weighted by Crippen LogP contribution is -2.31. The normalized spacial score (nSPS) is 12.3. The van der Waals surface area contributed by atoms with Crippen LogP contribution in [-0.2, 0) is 16.6 Å². The first-order chi connectivity index (χ1) is 18.0. The van der Waals surface area contributed by atoms with Gasteiger partial charge in [-0.05, 0) is 67.4 Å². The Morgan fingerprint density at radius 2 is 1.87 bits per heavy atom. The molecule has 0 saturated heterocycles. The SMILES string of the molecule is COc1ccc(CN(c2nccs2)S(=O)(=O)c2cc(Cl)c(N[C@@H](C)c3cc(F)ccc3F)cc2F)c(C)c1. The first kappa shape index (κ1) is 27.7. The fourth-order valence-electron chi connectivity index (χ4n) is 3.83. The van der Waals surface area contributed by atoms with Gasteiger partial charge < -0.3 is 10.1 Å². The van der Waals surface area contributed by atoms with Crippen LogP contribution in [0.2, 0.25) is 5.02 Å². The first-order valence-corrected chi connectivity index (χ1v) is 14.0. The van der Waals surface area contributed by atoms with Crippen LogP contribution in [0.4, 0.5) is 24.0 Å². The van der Waals surface area contributed by atoms with Crippen molar-refractivity contribution in [3.05, 3.63) is 99.3 Å². The molecule has 0 radical (unpaired) electrons. The molecule has 0 unspecified atom stereocenters. The molecule has 200 valence electrons. The van der Waals surface area contributed by atoms with Crippen LogP contribution in [0.3, 0.4) is 0 Å². The van der Waals surface area contributed by atoms with Crippen LogP contribution in [0.1, 0.15) is 29.7 Å². The zero-order chi connectivity index (χ0) is 27.6. The average molecular weight is 582 g/mol. The predicted molar refractivity (Wildman–Crippen MR) is 143 cm³/mol. The van der Waals surface area contributed by atoms with Crippen LogP contribution in [-0.4, -0.2) is 20.5 Å². The van der Waals surface area contributed by atoms with E-state index in [1.165, 1.54) is 20.2 Å². The highest BCUT2D eigenvalue weighted by atomic mass is 35.5. The number of halogens is 4. The van der Waals surface area contributed by atoms with Crippen molar-refractivity contribution >= 4 is 43.8 Å². The Morgan fingerprint density at radius 1 is 1.11 bits per heavy atom. The van der Waals surface area contributed by atoms with Gasteiger partial charge in [0.1, 0.15) is 28.1 Å². The Labute approximate surface area is 227 Å². The third-order valence-corrected chi connectivity index (χ3v) is 8.86. The standard InChI is InChI=1S/C26H23ClF3N3O3S2/c1-15-10-19(36-3)6-4-17(15)14-33(26-31-8-9-37-26)38(34,35)25-12-21(27)24(13-23(25)30)32-16(2)20-11-18(28)5-7-22(20)29/h4-13,16,32H,14H2,1-3H3/t16-/m0/s1. The van der Waals surface area contributed by atoms with E-state index in [0.29, 0.717) is 11.3 Å². The van der Waals surface area contributed by atoms with E-state index in [2.05, 4.69) is 10.3 Å². The second kappa shape index (κ2) is 11.2. The Balaban J connectivity index is 1.69. The number of ether oxygens (including phenoxy) is 1. The number of benzene rings is 3. The number of sulfonamides is 1. The van der Waals surface area contributed by atoms with Crippen molar-refractivity contribution in [2.75, 3.05) is 16.7 Å². The molecule has 0 aliphatic carbocycles. The van der Waals surface area contributed by atoms with Crippen molar-refractivity contribution < 1.29 is 26.3 Å². The topological polar surface area (TPSA) is 71.5 Å². The number of hydrogen-bond donors (Lipinski definition) is 1. The molecule has 4 rings (SSSR count). The molecule has 1 N–H and O–H groups in total. The highest BCUT2D eigenvalue weighted by Crippen LogP contribution is 2.35. The van der Waals surface area contributed by atoms with Gasteiger partial charge in [-0.25, -0.2) is 30.9 Å². The van der Waals surface area contributed by atoms with E-state index >= 15 is 4.39 Å². The van der Waals surface area contributed by atoms with Crippen molar-refractivity contribution in [1.29, 1.82) is 0 Å². The van der Waals surface area contributed by atoms with Gasteiger partial charge in [-0.2, -0.15) is 0 Å². The third-order valence-electron chi connectivity index (χ3n) is 5.88. The molecule has 3 aromatic carbocycles. The smallest absolute Gasteiger partial charge is 0.269 e. The number of anilines is 2. The van der Waals surface area contributed by atoms with Gasteiger partial charge in [-0.1, -0.05) is 17.7 Å². The number of nitrogens with zero attached hydrogens (tertiary/aromatic N) is 2. The summed E-state index contributed by atoms with van der Waals surface area (Å²) in [5.74, 6) is -1.75. The van der Waals surface area contributed by atoms with Crippen LogP contribution >= 0.6 is 22.9 Å². The van der Waals surface area contributed by atoms with Crippen molar-refractivity contribution in [2.24, 2.45) is 0 Å². The lowest BCUT2D eigenvalue weighted by Gasteiger charge is -2.24. The van der Waals surface area contributed by atoms with Gasteiger partial charge in [0.15, 0.2) is 5.13 Å². The summed E-state index contributed by atoms with van der Waals surface area (Å²) in [5.41, 5.74) is 1.46. The summed E-state index contributed by atoms with van der Waals surface area (Å²) < 4.78 is 76.9. The first-order valence-electron chi connectivity index (χ1n) is 11.3. The molecule has 0 aliphatic heterocycles. The lowest BCUT2D eigenvalue weighted by atomic mass is 10.1. The Bertz CT molecular complexity index is 1570. The van der Waals surface area contributed by atoms with Crippen LogP contribution in [0.15, 0.2) is 65.0 Å². The summed E-state index contributed by atoms with van der Waals surface area (Å²) >= 11 is 7.44. The number of thiazole rings is 1. The molecule has 0 aliphatic rings. The van der Waals surface area contributed by atoms with E-state index in [1.807, 2.05) is 6.92 Å². The third kappa shape index (κ3) is 5.74. The fourth-order valence-corrected chi connectivity index (χ4v) is 6.46. The zero-order valence-electron chi connectivity index (χ0n) is 20.5. The Hall–Kier alpha value is -3.28. The predicted octanol–water partition coefficient (Wildman–Crippen LogP) is 7.10. The van der Waals surface area contributed by atoms with Crippen molar-refractivity contribution in [3.63, 3.8) is 0 Å². The van der Waals surface area contributed by atoms with Crippen LogP contribution in [0.5, 0.6) is 5.75 Å². The van der Waals surface area contributed by atoms with Gasteiger partial charge in [-0.15, -0.1) is 11.3 Å². The van der Waals surface area contributed by atoms with Crippen LogP contribution in [0, 0.1) is 24.4 Å². The summed E-state index contributed by atoms with van der Waals surface area (Å²) in [6.07, 6.45) is 1.45. The molecule has 12 heteroatoms. The van der Waals surface area contributed by atoms with Gasteiger partial charge in [0, 0.05) is 17.1 Å². The van der Waals surface area contributed by atoms with Gasteiger partial charge in [0.05, 0.1) is 30.4 Å². The highest BCUT2D eigenvalue weighted by Gasteiger charge is 2.31. The van der Waals surface area contributed by atoms with Crippen molar-refractivity contribution in [2.45, 2.75) is 31.3 Å². The molecular weight excluding hydrogens is 559 g/mol. The highest BCUT2D eigenvalue weighted by molar-refractivity contribution is 7.93. The average Bonchev–Trinajstić information content (AvgIpc) is 3.40. The summed E-state index contributed by atoms with van der Waals surface area (Å²) in [5, 5.41) is 4.46. The molecule has 38 heavy (non-hydrogen) atoms. The lowest BCUT2D eigenvalue weighted by molar-refractivity contribution is 0.414. The number of methoxy groups -OCH3 is 1. The molecule has 0 bridgehead atoms. The largest absolute Gasteiger partial charge is 0.497 e. The van der Waals surface area contributed by atoms with Gasteiger partial charge in [0.25, 0.3) is 10.0 Å². The maximum atomic E-state index is 15.4. The minimum Gasteiger partial charge on any atom is -0.497 e. The fraction of sp³-hybridized carbons (Fsp3) is 0.192. The summed E-state index contributed by atoms with van der Waals surface area (Å²) in [6.45, 7) is 3.24. The molecule has 0 fully saturated rings. The summed E-state index contributed by atoms with van der Waals surface area (Å²) in [6, 6.07) is 9.30. The molecule has 1 heterocycles. The maximum absolute atomic E-state index is 15.4. The monoisotopic (exact) mass is 581 g/mol. The molecule has 6 nitrogen and oxygen atoms in total. The van der Waals surface area contributed by atoms with E-state index < -0.39 is 38.4 Å². The second-order valence-corrected chi connectivity index (χ2v) is 11.5. The molecule has 0 amide bonds. The van der Waals surface area contributed by atoms with Gasteiger partial charge in [-0.3, -0.25) is 0 Å². The molecule has 4 aromatic rings. The number of nitrogens with one attached hydrogen (secondary N) is 1. The second-order valence-electron chi connectivity index (χ2n) is 8.41. The Morgan fingerprint density at radius 3 is 2.53 bits per heavy atom. The quantitative estimate of drug-likeness (QED) is 0.228. The van der Waals surface area contributed by atoms with E-state index in [1.54, 1.807) is 23.6 Å². The van der Waals surface area contributed by atoms with E-state index in [-0.39, 0.29) is 27.9 Å². The Kier molecular flexibility index (Phi) is 8.19. The molecule has 1 aromatic heterocycles.